The fourth-order valence-electron chi connectivity index (χ4n) is 4.92. The number of aliphatic hydroxyl groups is 1. The first-order valence-electron chi connectivity index (χ1n) is 12.0. The molecule has 1 N–H and O–H groups in total. The number of carbonyl (C=O) groups excluding carboxylic acids is 2. The predicted molar refractivity (Wildman–Crippen MR) is 143 cm³/mol. The van der Waals surface area contributed by atoms with E-state index in [1.54, 1.807) is 23.1 Å². The second-order valence-corrected chi connectivity index (χ2v) is 10.2. The molecule has 1 aliphatic rings. The van der Waals surface area contributed by atoms with Crippen LogP contribution in [0, 0.1) is 6.92 Å². The molecule has 9 heteroatoms. The summed E-state index contributed by atoms with van der Waals surface area (Å²) in [4.78, 5) is 36.9. The lowest BCUT2D eigenvalue weighted by Crippen LogP contribution is -2.38. The number of likely N-dealkylation sites (N-methyl/N-ethyl adjacent to an activating group) is 1. The number of halogens is 1. The molecule has 1 atom stereocenters. The van der Waals surface area contributed by atoms with Gasteiger partial charge in [-0.15, -0.1) is 0 Å². The summed E-state index contributed by atoms with van der Waals surface area (Å²) in [5.41, 5.74) is 3.26. The summed E-state index contributed by atoms with van der Waals surface area (Å²) in [7, 11) is 0. The highest BCUT2D eigenvalue weighted by molar-refractivity contribution is 7.19. The van der Waals surface area contributed by atoms with E-state index in [4.69, 9.17) is 11.6 Å². The molecule has 36 heavy (non-hydrogen) atoms. The lowest BCUT2D eigenvalue weighted by molar-refractivity contribution is -0.129. The molecule has 4 aromatic rings. The number of Topliss-reactive ketones (excluding diaryl/α,β-unsaturated/α-hetero) is 1. The molecule has 5 rings (SSSR count). The van der Waals surface area contributed by atoms with Gasteiger partial charge in [-0.3, -0.25) is 14.0 Å². The summed E-state index contributed by atoms with van der Waals surface area (Å²) in [6, 6.07) is 14.1. The molecule has 1 amide bonds. The topological polar surface area (TPSA) is 78.2 Å². The van der Waals surface area contributed by atoms with Crippen molar-refractivity contribution in [3.63, 3.8) is 0 Å². The third-order valence-electron chi connectivity index (χ3n) is 6.86. The first-order chi connectivity index (χ1) is 17.3. The maximum atomic E-state index is 14.0. The summed E-state index contributed by atoms with van der Waals surface area (Å²) in [5, 5.41) is 11.5. The van der Waals surface area contributed by atoms with Crippen LogP contribution < -0.4 is 0 Å². The number of hydrogen-bond acceptors (Lipinski definition) is 6. The minimum atomic E-state index is -0.732. The van der Waals surface area contributed by atoms with Crippen molar-refractivity contribution in [3.8, 4) is 0 Å². The third-order valence-corrected chi connectivity index (χ3v) is 8.23. The Morgan fingerprint density at radius 1 is 1.17 bits per heavy atom. The van der Waals surface area contributed by atoms with Gasteiger partial charge in [-0.2, -0.15) is 0 Å². The molecule has 2 aromatic carbocycles. The first-order valence-corrected chi connectivity index (χ1v) is 13.2. The molecule has 2 aromatic heterocycles. The quantitative estimate of drug-likeness (QED) is 0.312. The number of ketones is 1. The van der Waals surface area contributed by atoms with Crippen LogP contribution in [0.3, 0.4) is 0 Å². The van der Waals surface area contributed by atoms with Crippen molar-refractivity contribution in [2.45, 2.75) is 26.8 Å². The van der Waals surface area contributed by atoms with Crippen molar-refractivity contribution in [3.05, 3.63) is 81.0 Å². The number of fused-ring (bicyclic) bond motifs is 3. The molecule has 7 nitrogen and oxygen atoms in total. The van der Waals surface area contributed by atoms with Crippen molar-refractivity contribution in [1.29, 1.82) is 0 Å². The van der Waals surface area contributed by atoms with Gasteiger partial charge in [0.15, 0.2) is 10.7 Å². The summed E-state index contributed by atoms with van der Waals surface area (Å²) in [6.07, 6.45) is 0. The Morgan fingerprint density at radius 2 is 1.92 bits per heavy atom. The minimum Gasteiger partial charge on any atom is -0.503 e. The Hall–Kier alpha value is -3.20. The lowest BCUT2D eigenvalue weighted by Gasteiger charge is -2.29. The van der Waals surface area contributed by atoms with E-state index in [0.29, 0.717) is 33.5 Å². The number of rotatable bonds is 8. The van der Waals surface area contributed by atoms with Crippen molar-refractivity contribution in [2.75, 3.05) is 26.2 Å². The number of benzene rings is 2. The van der Waals surface area contributed by atoms with Gasteiger partial charge >= 0.3 is 0 Å². The monoisotopic (exact) mass is 522 g/mol. The van der Waals surface area contributed by atoms with Crippen molar-refractivity contribution < 1.29 is 14.7 Å². The summed E-state index contributed by atoms with van der Waals surface area (Å²) in [5.74, 6) is -1.41. The van der Waals surface area contributed by atoms with Crippen LogP contribution in [0.4, 0.5) is 0 Å². The number of amides is 1. The number of para-hydroxylation sites is 2. The van der Waals surface area contributed by atoms with Gasteiger partial charge in [0.1, 0.15) is 0 Å². The zero-order valence-electron chi connectivity index (χ0n) is 20.4. The van der Waals surface area contributed by atoms with E-state index in [1.165, 1.54) is 11.3 Å². The molecule has 0 spiro atoms. The number of hydrogen-bond donors (Lipinski definition) is 1. The van der Waals surface area contributed by atoms with Crippen molar-refractivity contribution in [2.24, 2.45) is 0 Å². The van der Waals surface area contributed by atoms with Gasteiger partial charge in [-0.25, -0.2) is 4.98 Å². The Labute approximate surface area is 218 Å². The average molecular weight is 523 g/mol. The molecular weight excluding hydrogens is 496 g/mol. The first kappa shape index (κ1) is 24.5. The van der Waals surface area contributed by atoms with E-state index in [2.05, 4.69) is 23.7 Å². The predicted octanol–water partition coefficient (Wildman–Crippen LogP) is 5.43. The number of aromatic nitrogens is 2. The molecule has 0 saturated carbocycles. The Morgan fingerprint density at radius 3 is 2.64 bits per heavy atom. The molecule has 0 aliphatic carbocycles. The smallest absolute Gasteiger partial charge is 0.290 e. The third kappa shape index (κ3) is 3.99. The largest absolute Gasteiger partial charge is 0.503 e. The normalized spacial score (nSPS) is 16.3. The number of thiazole rings is 1. The second-order valence-electron chi connectivity index (χ2n) is 8.81. The Kier molecular flexibility index (Phi) is 6.59. The molecule has 1 unspecified atom stereocenters. The Balaban J connectivity index is 1.59. The number of aryl methyl sites for hydroxylation is 1. The molecule has 0 saturated heterocycles. The van der Waals surface area contributed by atoms with Crippen LogP contribution in [-0.2, 0) is 4.79 Å². The maximum Gasteiger partial charge on any atom is 0.290 e. The van der Waals surface area contributed by atoms with E-state index in [9.17, 15) is 14.7 Å². The fourth-order valence-corrected chi connectivity index (χ4v) is 6.22. The van der Waals surface area contributed by atoms with E-state index in [-0.39, 0.29) is 11.4 Å². The molecule has 0 radical (unpaired) electrons. The van der Waals surface area contributed by atoms with Crippen molar-refractivity contribution >= 4 is 50.6 Å². The van der Waals surface area contributed by atoms with E-state index in [1.807, 2.05) is 41.7 Å². The molecule has 1 aliphatic heterocycles. The van der Waals surface area contributed by atoms with Gasteiger partial charge in [0.25, 0.3) is 5.91 Å². The molecule has 3 heterocycles. The minimum absolute atomic E-state index is 0.0822. The number of carbonyl (C=O) groups is 2. The maximum absolute atomic E-state index is 14.0. The van der Waals surface area contributed by atoms with Crippen LogP contribution in [0.1, 0.15) is 40.8 Å². The molecular formula is C27H27ClN4O3S. The fraction of sp³-hybridized carbons (Fsp3) is 0.296. The summed E-state index contributed by atoms with van der Waals surface area (Å²) >= 11 is 7.56. The van der Waals surface area contributed by atoms with Gasteiger partial charge < -0.3 is 14.9 Å². The highest BCUT2D eigenvalue weighted by atomic mass is 35.5. The average Bonchev–Trinajstić information content (AvgIpc) is 3.48. The van der Waals surface area contributed by atoms with E-state index in [0.717, 1.165) is 29.8 Å². The van der Waals surface area contributed by atoms with E-state index >= 15 is 0 Å². The van der Waals surface area contributed by atoms with Crippen LogP contribution >= 0.6 is 22.9 Å². The Bertz CT molecular complexity index is 1520. The van der Waals surface area contributed by atoms with Gasteiger partial charge in [-0.1, -0.05) is 61.1 Å². The number of aliphatic hydroxyl groups excluding tert-OH is 1. The highest BCUT2D eigenvalue weighted by Crippen LogP contribution is 2.41. The molecule has 186 valence electrons. The number of nitrogens with zero attached hydrogens (tertiary/aromatic N) is 4. The SMILES string of the molecule is CCN(CC)CCN1C(=O)C(O)=C(C(=O)c2sc3nc4ccccc4n3c2C)C1c1cccc(Cl)c1. The van der Waals surface area contributed by atoms with Gasteiger partial charge in [0, 0.05) is 23.8 Å². The van der Waals surface area contributed by atoms with Gasteiger partial charge in [-0.05, 0) is 49.8 Å². The van der Waals surface area contributed by atoms with Crippen LogP contribution in [0.5, 0.6) is 0 Å². The van der Waals surface area contributed by atoms with Crippen LogP contribution in [0.2, 0.25) is 5.02 Å². The second kappa shape index (κ2) is 9.69. The van der Waals surface area contributed by atoms with Crippen LogP contribution in [0.25, 0.3) is 16.0 Å². The van der Waals surface area contributed by atoms with Crippen LogP contribution in [0.15, 0.2) is 59.9 Å². The van der Waals surface area contributed by atoms with Gasteiger partial charge in [0.05, 0.1) is 27.5 Å². The van der Waals surface area contributed by atoms with Gasteiger partial charge in [0.2, 0.25) is 5.78 Å². The van der Waals surface area contributed by atoms with Crippen LogP contribution in [-0.4, -0.2) is 62.2 Å². The van der Waals surface area contributed by atoms with E-state index < -0.39 is 17.7 Å². The summed E-state index contributed by atoms with van der Waals surface area (Å²) < 4.78 is 1.95. The highest BCUT2D eigenvalue weighted by Gasteiger charge is 2.44. The lowest BCUT2D eigenvalue weighted by atomic mass is 9.95. The zero-order chi connectivity index (χ0) is 25.6. The summed E-state index contributed by atoms with van der Waals surface area (Å²) in [6.45, 7) is 8.67. The van der Waals surface area contributed by atoms with Crippen molar-refractivity contribution in [1.82, 2.24) is 19.2 Å². The molecule has 0 bridgehead atoms. The number of imidazole rings is 1. The zero-order valence-corrected chi connectivity index (χ0v) is 21.9. The molecule has 0 fully saturated rings. The standard InChI is InChI=1S/C27H27ClN4O3S/c1-4-30(5-2)13-14-31-22(17-9-8-10-18(28)15-17)21(24(34)26(31)35)23(33)25-16(3)32-20-12-7-6-11-19(20)29-27(32)36-25/h6-12,15,22,34H,4-5,13-14H2,1-3H3.